The van der Waals surface area contributed by atoms with E-state index in [1.165, 1.54) is 4.90 Å². The zero-order valence-corrected chi connectivity index (χ0v) is 16.3. The monoisotopic (exact) mass is 383 g/mol. The van der Waals surface area contributed by atoms with Gasteiger partial charge in [-0.25, -0.2) is 0 Å². The zero-order valence-electron chi connectivity index (χ0n) is 16.3. The molecular formula is C21H25N3O4. The van der Waals surface area contributed by atoms with Crippen molar-refractivity contribution in [1.82, 2.24) is 15.1 Å². The molecule has 1 aromatic carbocycles. The molecular weight excluding hydrogens is 358 g/mol. The van der Waals surface area contributed by atoms with Crippen LogP contribution in [0.1, 0.15) is 35.7 Å². The predicted octanol–water partition coefficient (Wildman–Crippen LogP) is 1.34. The molecule has 0 saturated carbocycles. The third-order valence-corrected chi connectivity index (χ3v) is 5.53. The van der Waals surface area contributed by atoms with E-state index in [-0.39, 0.29) is 35.5 Å². The first kappa shape index (κ1) is 19.8. The lowest BCUT2D eigenvalue weighted by molar-refractivity contribution is -0.150. The number of benzene rings is 1. The van der Waals surface area contributed by atoms with E-state index in [0.717, 1.165) is 10.5 Å². The van der Waals surface area contributed by atoms with E-state index in [2.05, 4.69) is 5.32 Å². The van der Waals surface area contributed by atoms with Crippen LogP contribution in [0.3, 0.4) is 0 Å². The molecule has 1 fully saturated rings. The molecule has 1 aliphatic heterocycles. The minimum atomic E-state index is -0.833. The molecule has 1 aliphatic carbocycles. The van der Waals surface area contributed by atoms with E-state index < -0.39 is 6.04 Å². The van der Waals surface area contributed by atoms with Gasteiger partial charge in [0.1, 0.15) is 6.04 Å². The molecule has 0 radical (unpaired) electrons. The lowest BCUT2D eigenvalue weighted by Crippen LogP contribution is -2.48. The van der Waals surface area contributed by atoms with Gasteiger partial charge in [0.05, 0.1) is 11.8 Å². The summed E-state index contributed by atoms with van der Waals surface area (Å²) >= 11 is 0. The van der Waals surface area contributed by atoms with E-state index in [1.807, 2.05) is 12.2 Å². The van der Waals surface area contributed by atoms with Crippen LogP contribution in [0.5, 0.6) is 0 Å². The Morgan fingerprint density at radius 2 is 1.64 bits per heavy atom. The highest BCUT2D eigenvalue weighted by Crippen LogP contribution is 2.36. The fourth-order valence-corrected chi connectivity index (χ4v) is 3.89. The zero-order chi connectivity index (χ0) is 20.4. The van der Waals surface area contributed by atoms with Crippen LogP contribution in [-0.4, -0.2) is 53.6 Å². The number of hydrogen-bond acceptors (Lipinski definition) is 4. The number of nitrogens with zero attached hydrogens (tertiary/aromatic N) is 2. The number of carbonyl (C=O) groups is 4. The molecule has 1 N–H and O–H groups in total. The van der Waals surface area contributed by atoms with Crippen molar-refractivity contribution in [3.8, 4) is 0 Å². The number of fused-ring (bicyclic) bond motifs is 1. The van der Waals surface area contributed by atoms with Crippen molar-refractivity contribution in [3.63, 3.8) is 0 Å². The van der Waals surface area contributed by atoms with Crippen molar-refractivity contribution in [2.24, 2.45) is 11.8 Å². The van der Waals surface area contributed by atoms with Crippen molar-refractivity contribution >= 4 is 23.6 Å². The summed E-state index contributed by atoms with van der Waals surface area (Å²) in [4.78, 5) is 52.5. The molecule has 4 amide bonds. The van der Waals surface area contributed by atoms with E-state index in [1.54, 1.807) is 45.3 Å². The summed E-state index contributed by atoms with van der Waals surface area (Å²) in [7, 11) is 3.21. The van der Waals surface area contributed by atoms with Gasteiger partial charge in [0, 0.05) is 26.2 Å². The smallest absolute Gasteiger partial charge is 0.251 e. The molecule has 7 heteroatoms. The Morgan fingerprint density at radius 3 is 2.14 bits per heavy atom. The van der Waals surface area contributed by atoms with Gasteiger partial charge in [-0.3, -0.25) is 24.1 Å². The average molecular weight is 383 g/mol. The van der Waals surface area contributed by atoms with Crippen LogP contribution in [0.2, 0.25) is 0 Å². The van der Waals surface area contributed by atoms with Crippen LogP contribution in [-0.2, 0) is 20.9 Å². The molecule has 1 aromatic rings. The molecule has 1 heterocycles. The molecule has 2 aliphatic rings. The molecule has 0 aromatic heterocycles. The Kier molecular flexibility index (Phi) is 5.63. The van der Waals surface area contributed by atoms with Crippen LogP contribution < -0.4 is 5.32 Å². The van der Waals surface area contributed by atoms with E-state index in [4.69, 9.17) is 0 Å². The molecule has 148 valence electrons. The second kappa shape index (κ2) is 7.96. The number of hydrogen-bond donors (Lipinski definition) is 1. The highest BCUT2D eigenvalue weighted by Gasteiger charge is 2.50. The summed E-state index contributed by atoms with van der Waals surface area (Å²) in [6.07, 6.45) is 4.97. The van der Waals surface area contributed by atoms with Crippen LogP contribution in [0, 0.1) is 11.8 Å². The van der Waals surface area contributed by atoms with E-state index >= 15 is 0 Å². The summed E-state index contributed by atoms with van der Waals surface area (Å²) < 4.78 is 0. The molecule has 0 spiro atoms. The van der Waals surface area contributed by atoms with Crippen molar-refractivity contribution in [2.75, 3.05) is 14.1 Å². The van der Waals surface area contributed by atoms with E-state index in [0.29, 0.717) is 24.9 Å². The Labute approximate surface area is 164 Å². The molecule has 0 bridgehead atoms. The van der Waals surface area contributed by atoms with Crippen molar-refractivity contribution in [3.05, 3.63) is 47.5 Å². The third kappa shape index (κ3) is 3.56. The number of imide groups is 1. The predicted molar refractivity (Wildman–Crippen MR) is 103 cm³/mol. The number of amides is 4. The largest absolute Gasteiger partial charge is 0.355 e. The Bertz CT molecular complexity index is 805. The molecule has 1 saturated heterocycles. The first-order valence-corrected chi connectivity index (χ1v) is 9.43. The van der Waals surface area contributed by atoms with Crippen LogP contribution in [0.15, 0.2) is 36.4 Å². The van der Waals surface area contributed by atoms with Crippen molar-refractivity contribution in [1.29, 1.82) is 0 Å². The van der Waals surface area contributed by atoms with Gasteiger partial charge in [0.2, 0.25) is 17.7 Å². The molecule has 7 nitrogen and oxygen atoms in total. The van der Waals surface area contributed by atoms with Crippen molar-refractivity contribution in [2.45, 2.75) is 32.4 Å². The quantitative estimate of drug-likeness (QED) is 0.614. The Hall–Kier alpha value is -2.96. The summed E-state index contributed by atoms with van der Waals surface area (Å²) in [5.74, 6) is -1.63. The SMILES string of the molecule is CNC(=O)c1ccc(CN(C)C(=O)[C@H](C)N2C(=O)[C@@H]3CC=CC[C@H]3C2=O)cc1. The molecule has 3 rings (SSSR count). The maximum atomic E-state index is 12.9. The second-order valence-corrected chi connectivity index (χ2v) is 7.35. The minimum Gasteiger partial charge on any atom is -0.355 e. The van der Waals surface area contributed by atoms with Crippen LogP contribution in [0.4, 0.5) is 0 Å². The lowest BCUT2D eigenvalue weighted by atomic mass is 9.85. The van der Waals surface area contributed by atoms with Crippen LogP contribution >= 0.6 is 0 Å². The molecule has 28 heavy (non-hydrogen) atoms. The maximum absolute atomic E-state index is 12.9. The highest BCUT2D eigenvalue weighted by atomic mass is 16.2. The maximum Gasteiger partial charge on any atom is 0.251 e. The van der Waals surface area contributed by atoms with Gasteiger partial charge < -0.3 is 10.2 Å². The summed E-state index contributed by atoms with van der Waals surface area (Å²) in [6.45, 7) is 1.93. The number of likely N-dealkylation sites (tertiary alicyclic amines) is 1. The van der Waals surface area contributed by atoms with Gasteiger partial charge in [-0.05, 0) is 37.5 Å². The minimum absolute atomic E-state index is 0.174. The van der Waals surface area contributed by atoms with Gasteiger partial charge in [-0.2, -0.15) is 0 Å². The summed E-state index contributed by atoms with van der Waals surface area (Å²) in [5.41, 5.74) is 1.39. The number of likely N-dealkylation sites (N-methyl/N-ethyl adjacent to an activating group) is 1. The average Bonchev–Trinajstić information content (AvgIpc) is 2.97. The van der Waals surface area contributed by atoms with Crippen molar-refractivity contribution < 1.29 is 19.2 Å². The fourth-order valence-electron chi connectivity index (χ4n) is 3.89. The first-order chi connectivity index (χ1) is 13.3. The second-order valence-electron chi connectivity index (χ2n) is 7.35. The topological polar surface area (TPSA) is 86.8 Å². The third-order valence-electron chi connectivity index (χ3n) is 5.53. The number of rotatable bonds is 5. The number of nitrogens with one attached hydrogen (secondary N) is 1. The van der Waals surface area contributed by atoms with E-state index in [9.17, 15) is 19.2 Å². The molecule has 3 atom stereocenters. The number of allylic oxidation sites excluding steroid dienone is 2. The van der Waals surface area contributed by atoms with Crippen LogP contribution in [0.25, 0.3) is 0 Å². The fraction of sp³-hybridized carbons (Fsp3) is 0.429. The normalized spacial score (nSPS) is 22.0. The summed E-state index contributed by atoms with van der Waals surface area (Å²) in [6, 6.07) is 6.12. The summed E-state index contributed by atoms with van der Waals surface area (Å²) in [5, 5.41) is 2.56. The Balaban J connectivity index is 1.67. The van der Waals surface area contributed by atoms with Gasteiger partial charge in [0.25, 0.3) is 5.91 Å². The lowest BCUT2D eigenvalue weighted by Gasteiger charge is -2.27. The van der Waals surface area contributed by atoms with Gasteiger partial charge in [-0.15, -0.1) is 0 Å². The van der Waals surface area contributed by atoms with Gasteiger partial charge >= 0.3 is 0 Å². The molecule has 0 unspecified atom stereocenters. The Morgan fingerprint density at radius 1 is 1.11 bits per heavy atom. The van der Waals surface area contributed by atoms with Gasteiger partial charge in [0.15, 0.2) is 0 Å². The standard InChI is InChI=1S/C21H25N3O4/c1-13(24-20(27)16-6-4-5-7-17(16)21(24)28)19(26)23(3)12-14-8-10-15(11-9-14)18(25)22-2/h4-5,8-11,13,16-17H,6-7,12H2,1-3H3,(H,22,25)/t13-,16+,17+/m0/s1. The first-order valence-electron chi connectivity index (χ1n) is 9.43. The highest BCUT2D eigenvalue weighted by molar-refractivity contribution is 6.08. The van der Waals surface area contributed by atoms with Gasteiger partial charge in [-0.1, -0.05) is 24.3 Å². The number of carbonyl (C=O) groups excluding carboxylic acids is 4.